The summed E-state index contributed by atoms with van der Waals surface area (Å²) in [6.07, 6.45) is 16.4. The molecule has 3 N–H and O–H groups in total. The lowest BCUT2D eigenvalue weighted by Crippen LogP contribution is -2.51. The Labute approximate surface area is 227 Å². The maximum Gasteiger partial charge on any atom is 0.407 e. The first-order valence-electron chi connectivity index (χ1n) is 15.6. The molecule has 0 aromatic carbocycles. The van der Waals surface area contributed by atoms with Crippen molar-refractivity contribution in [1.29, 1.82) is 0 Å². The van der Waals surface area contributed by atoms with Crippen LogP contribution in [0.4, 0.5) is 4.79 Å². The summed E-state index contributed by atoms with van der Waals surface area (Å²) in [5.41, 5.74) is 2.39. The molecular weight excluding hydrogens is 460 g/mol. The SMILES string of the molecule is CC(C)CCCC(C)C1CCC2C3CC=C4CC(OC(=O)NCCNCCO)CCC4(C)C3CCC12C. The summed E-state index contributed by atoms with van der Waals surface area (Å²) in [6.45, 7) is 14.3. The van der Waals surface area contributed by atoms with Crippen molar-refractivity contribution >= 4 is 6.09 Å². The molecule has 8 unspecified atom stereocenters. The first-order chi connectivity index (χ1) is 17.7. The van der Waals surface area contributed by atoms with Crippen LogP contribution in [-0.4, -0.2) is 43.5 Å². The number of allylic oxidation sites excluding steroid dienone is 1. The van der Waals surface area contributed by atoms with Crippen molar-refractivity contribution in [3.05, 3.63) is 11.6 Å². The number of aliphatic hydroxyl groups is 1. The van der Waals surface area contributed by atoms with Gasteiger partial charge in [0, 0.05) is 26.1 Å². The van der Waals surface area contributed by atoms with Crippen LogP contribution in [0.1, 0.15) is 105 Å². The quantitative estimate of drug-likeness (QED) is 0.211. The zero-order valence-corrected chi connectivity index (χ0v) is 24.5. The summed E-state index contributed by atoms with van der Waals surface area (Å²) in [6, 6.07) is 0. The number of carbonyl (C=O) groups is 1. The van der Waals surface area contributed by atoms with Gasteiger partial charge >= 0.3 is 6.09 Å². The fourth-order valence-electron chi connectivity index (χ4n) is 9.40. The van der Waals surface area contributed by atoms with Gasteiger partial charge in [-0.2, -0.15) is 0 Å². The molecule has 1 amide bonds. The van der Waals surface area contributed by atoms with Gasteiger partial charge in [-0.25, -0.2) is 4.79 Å². The van der Waals surface area contributed by atoms with E-state index in [1.165, 1.54) is 51.4 Å². The molecule has 212 valence electrons. The van der Waals surface area contributed by atoms with E-state index in [1.807, 2.05) is 0 Å². The van der Waals surface area contributed by atoms with Gasteiger partial charge in [-0.3, -0.25) is 0 Å². The van der Waals surface area contributed by atoms with Crippen LogP contribution in [-0.2, 0) is 4.74 Å². The van der Waals surface area contributed by atoms with Crippen molar-refractivity contribution < 1.29 is 14.6 Å². The molecule has 3 fully saturated rings. The van der Waals surface area contributed by atoms with Crippen LogP contribution >= 0.6 is 0 Å². The molecule has 8 atom stereocenters. The van der Waals surface area contributed by atoms with Crippen LogP contribution in [0.5, 0.6) is 0 Å². The first kappa shape index (κ1) is 28.9. The Hall–Kier alpha value is -1.07. The van der Waals surface area contributed by atoms with E-state index < -0.39 is 0 Å². The smallest absolute Gasteiger partial charge is 0.407 e. The van der Waals surface area contributed by atoms with Gasteiger partial charge in [-0.1, -0.05) is 65.5 Å². The fraction of sp³-hybridized carbons (Fsp3) is 0.906. The highest BCUT2D eigenvalue weighted by molar-refractivity contribution is 5.67. The van der Waals surface area contributed by atoms with Gasteiger partial charge in [0.25, 0.3) is 0 Å². The highest BCUT2D eigenvalue weighted by atomic mass is 16.6. The third kappa shape index (κ3) is 6.24. The molecule has 0 bridgehead atoms. The molecule has 4 aliphatic rings. The van der Waals surface area contributed by atoms with E-state index in [-0.39, 0.29) is 24.2 Å². The second-order valence-corrected chi connectivity index (χ2v) is 14.0. The van der Waals surface area contributed by atoms with Crippen molar-refractivity contribution in [3.63, 3.8) is 0 Å². The number of hydrogen-bond acceptors (Lipinski definition) is 4. The Balaban J connectivity index is 1.34. The Morgan fingerprint density at radius 1 is 1.05 bits per heavy atom. The molecule has 0 saturated heterocycles. The maximum absolute atomic E-state index is 12.3. The van der Waals surface area contributed by atoms with Gasteiger partial charge in [0.05, 0.1) is 6.61 Å². The number of rotatable bonds is 11. The van der Waals surface area contributed by atoms with Gasteiger partial charge in [-0.05, 0) is 91.3 Å². The fourth-order valence-corrected chi connectivity index (χ4v) is 9.40. The maximum atomic E-state index is 12.3. The highest BCUT2D eigenvalue weighted by Crippen LogP contribution is 2.67. The molecule has 3 saturated carbocycles. The molecule has 5 nitrogen and oxygen atoms in total. The van der Waals surface area contributed by atoms with Crippen molar-refractivity contribution in [2.45, 2.75) is 111 Å². The summed E-state index contributed by atoms with van der Waals surface area (Å²) >= 11 is 0. The molecule has 0 aromatic heterocycles. The van der Waals surface area contributed by atoms with Gasteiger partial charge < -0.3 is 20.5 Å². The topological polar surface area (TPSA) is 70.6 Å². The normalized spacial score (nSPS) is 37.8. The van der Waals surface area contributed by atoms with E-state index >= 15 is 0 Å². The first-order valence-corrected chi connectivity index (χ1v) is 15.6. The largest absolute Gasteiger partial charge is 0.446 e. The molecule has 0 aromatic rings. The summed E-state index contributed by atoms with van der Waals surface area (Å²) < 4.78 is 5.83. The third-order valence-electron chi connectivity index (χ3n) is 11.4. The van der Waals surface area contributed by atoms with Crippen LogP contribution in [0.15, 0.2) is 11.6 Å². The van der Waals surface area contributed by atoms with Crippen LogP contribution in [0.2, 0.25) is 0 Å². The molecule has 37 heavy (non-hydrogen) atoms. The standard InChI is InChI=1S/C32H56N2O3/c1-22(2)7-6-8-23(3)27-11-12-28-26-10-9-24-21-25(37-30(36)34-18-17-33-19-20-35)13-15-31(24,4)29(26)14-16-32(27,28)5/h9,22-23,25-29,33,35H,6-8,10-21H2,1-5H3,(H,34,36). The Morgan fingerprint density at radius 3 is 2.62 bits per heavy atom. The van der Waals surface area contributed by atoms with Crippen LogP contribution in [0, 0.1) is 46.3 Å². The van der Waals surface area contributed by atoms with Gasteiger partial charge in [0.1, 0.15) is 6.10 Å². The van der Waals surface area contributed by atoms with E-state index in [1.54, 1.807) is 5.57 Å². The van der Waals surface area contributed by atoms with E-state index in [0.29, 0.717) is 25.0 Å². The minimum Gasteiger partial charge on any atom is -0.446 e. The number of carbonyl (C=O) groups excluding carboxylic acids is 1. The number of fused-ring (bicyclic) bond motifs is 5. The van der Waals surface area contributed by atoms with Crippen molar-refractivity contribution in [3.8, 4) is 0 Å². The number of aliphatic hydroxyl groups excluding tert-OH is 1. The molecule has 4 aliphatic carbocycles. The second kappa shape index (κ2) is 12.4. The van der Waals surface area contributed by atoms with Crippen LogP contribution < -0.4 is 10.6 Å². The number of alkyl carbamates (subject to hydrolysis) is 1. The lowest BCUT2D eigenvalue weighted by Gasteiger charge is -2.58. The minimum atomic E-state index is -0.304. The molecule has 0 aliphatic heterocycles. The Bertz CT molecular complexity index is 797. The van der Waals surface area contributed by atoms with Crippen molar-refractivity contribution in [1.82, 2.24) is 10.6 Å². The van der Waals surface area contributed by atoms with Crippen molar-refractivity contribution in [2.24, 2.45) is 46.3 Å². The highest BCUT2D eigenvalue weighted by Gasteiger charge is 2.59. The van der Waals surface area contributed by atoms with E-state index in [4.69, 9.17) is 9.84 Å². The van der Waals surface area contributed by atoms with Gasteiger partial charge in [-0.15, -0.1) is 0 Å². The molecule has 0 heterocycles. The summed E-state index contributed by atoms with van der Waals surface area (Å²) in [7, 11) is 0. The summed E-state index contributed by atoms with van der Waals surface area (Å²) in [5.74, 6) is 5.12. The lowest BCUT2D eigenvalue weighted by molar-refractivity contribution is -0.0581. The average molecular weight is 517 g/mol. The third-order valence-corrected chi connectivity index (χ3v) is 11.4. The molecule has 5 heteroatoms. The second-order valence-electron chi connectivity index (χ2n) is 14.0. The predicted molar refractivity (Wildman–Crippen MR) is 151 cm³/mol. The number of ether oxygens (including phenoxy) is 1. The van der Waals surface area contributed by atoms with E-state index in [9.17, 15) is 4.79 Å². The van der Waals surface area contributed by atoms with Crippen LogP contribution in [0.3, 0.4) is 0 Å². The summed E-state index contributed by atoms with van der Waals surface area (Å²) in [4.78, 5) is 12.3. The van der Waals surface area contributed by atoms with Crippen LogP contribution in [0.25, 0.3) is 0 Å². The number of amides is 1. The minimum absolute atomic E-state index is 0.00215. The van der Waals surface area contributed by atoms with Gasteiger partial charge in [0.2, 0.25) is 0 Å². The molecule has 0 spiro atoms. The molecule has 4 rings (SSSR count). The van der Waals surface area contributed by atoms with Crippen molar-refractivity contribution in [2.75, 3.05) is 26.2 Å². The van der Waals surface area contributed by atoms with E-state index in [0.717, 1.165) is 54.8 Å². The number of hydrogen-bond donors (Lipinski definition) is 3. The van der Waals surface area contributed by atoms with E-state index in [2.05, 4.69) is 51.3 Å². The summed E-state index contributed by atoms with van der Waals surface area (Å²) in [5, 5.41) is 14.8. The molecular formula is C32H56N2O3. The average Bonchev–Trinajstić information content (AvgIpc) is 3.21. The Morgan fingerprint density at radius 2 is 1.86 bits per heavy atom. The Kier molecular flexibility index (Phi) is 9.70. The zero-order valence-electron chi connectivity index (χ0n) is 24.5. The molecule has 0 radical (unpaired) electrons. The number of nitrogens with one attached hydrogen (secondary N) is 2. The predicted octanol–water partition coefficient (Wildman–Crippen LogP) is 6.70. The lowest BCUT2D eigenvalue weighted by atomic mass is 9.47. The zero-order chi connectivity index (χ0) is 26.6. The monoisotopic (exact) mass is 516 g/mol. The van der Waals surface area contributed by atoms with Gasteiger partial charge in [0.15, 0.2) is 0 Å².